The number of nitrogens with one attached hydrogen (secondary N) is 1. The third-order valence-electron chi connectivity index (χ3n) is 5.60. The molecule has 31 heavy (non-hydrogen) atoms. The van der Waals surface area contributed by atoms with Crippen LogP contribution in [-0.2, 0) is 11.2 Å². The van der Waals surface area contributed by atoms with E-state index in [4.69, 9.17) is 18.6 Å². The van der Waals surface area contributed by atoms with Gasteiger partial charge in [-0.15, -0.1) is 0 Å². The molecule has 8 nitrogen and oxygen atoms in total. The maximum absolute atomic E-state index is 12.7. The second-order valence-electron chi connectivity index (χ2n) is 7.59. The second kappa shape index (κ2) is 10.2. The van der Waals surface area contributed by atoms with Gasteiger partial charge in [-0.1, -0.05) is 0 Å². The third kappa shape index (κ3) is 5.31. The van der Waals surface area contributed by atoms with Crippen molar-refractivity contribution >= 4 is 11.8 Å². The van der Waals surface area contributed by atoms with Gasteiger partial charge in [-0.3, -0.25) is 9.59 Å². The first-order valence-corrected chi connectivity index (χ1v) is 10.4. The van der Waals surface area contributed by atoms with Crippen LogP contribution in [-0.4, -0.2) is 57.2 Å². The number of rotatable bonds is 8. The Balaban J connectivity index is 1.50. The molecule has 2 heterocycles. The summed E-state index contributed by atoms with van der Waals surface area (Å²) in [5.74, 6) is 1.94. The Morgan fingerprint density at radius 2 is 1.74 bits per heavy atom. The van der Waals surface area contributed by atoms with Crippen molar-refractivity contribution in [2.24, 2.45) is 0 Å². The van der Waals surface area contributed by atoms with Crippen LogP contribution in [0.3, 0.4) is 0 Å². The van der Waals surface area contributed by atoms with E-state index in [0.29, 0.717) is 48.9 Å². The highest BCUT2D eigenvalue weighted by Gasteiger charge is 2.25. The van der Waals surface area contributed by atoms with Crippen molar-refractivity contribution < 1.29 is 28.2 Å². The van der Waals surface area contributed by atoms with Gasteiger partial charge in [0.05, 0.1) is 27.6 Å². The summed E-state index contributed by atoms with van der Waals surface area (Å²) in [6.07, 6.45) is 3.92. The Morgan fingerprint density at radius 1 is 1.10 bits per heavy atom. The lowest BCUT2D eigenvalue weighted by molar-refractivity contribution is -0.132. The highest BCUT2D eigenvalue weighted by Crippen LogP contribution is 2.38. The molecule has 168 valence electrons. The fourth-order valence-electron chi connectivity index (χ4n) is 3.82. The van der Waals surface area contributed by atoms with Crippen molar-refractivity contribution in [3.8, 4) is 17.2 Å². The van der Waals surface area contributed by atoms with Crippen LogP contribution in [0.2, 0.25) is 0 Å². The molecule has 8 heteroatoms. The molecule has 0 atom stereocenters. The van der Waals surface area contributed by atoms with E-state index in [0.717, 1.165) is 24.0 Å². The van der Waals surface area contributed by atoms with Gasteiger partial charge >= 0.3 is 0 Å². The Hall–Kier alpha value is -3.16. The molecule has 1 aliphatic heterocycles. The summed E-state index contributed by atoms with van der Waals surface area (Å²) >= 11 is 0. The minimum Gasteiger partial charge on any atom is -0.493 e. The van der Waals surface area contributed by atoms with Gasteiger partial charge in [0.25, 0.3) is 5.91 Å². The molecule has 1 aliphatic rings. The highest BCUT2D eigenvalue weighted by atomic mass is 16.5. The smallest absolute Gasteiger partial charge is 0.287 e. The number of likely N-dealkylation sites (tertiary alicyclic amines) is 1. The average molecular weight is 431 g/mol. The van der Waals surface area contributed by atoms with Crippen LogP contribution in [0.5, 0.6) is 17.2 Å². The van der Waals surface area contributed by atoms with Crippen molar-refractivity contribution in [1.29, 1.82) is 0 Å². The first kappa shape index (κ1) is 22.5. The maximum Gasteiger partial charge on any atom is 0.287 e. The number of methoxy groups -OCH3 is 3. The number of furan rings is 1. The number of carbonyl (C=O) groups excluding carboxylic acids is 2. The topological polar surface area (TPSA) is 90.2 Å². The summed E-state index contributed by atoms with van der Waals surface area (Å²) in [4.78, 5) is 26.9. The van der Waals surface area contributed by atoms with Crippen molar-refractivity contribution in [2.45, 2.75) is 38.6 Å². The van der Waals surface area contributed by atoms with Crippen LogP contribution in [0, 0.1) is 6.92 Å². The van der Waals surface area contributed by atoms with Crippen LogP contribution in [0.15, 0.2) is 28.9 Å². The number of ether oxygens (including phenoxy) is 3. The zero-order chi connectivity index (χ0) is 22.4. The van der Waals surface area contributed by atoms with Crippen molar-refractivity contribution in [3.05, 3.63) is 41.3 Å². The Bertz CT molecular complexity index is 890. The normalized spacial score (nSPS) is 14.3. The van der Waals surface area contributed by atoms with E-state index in [-0.39, 0.29) is 17.9 Å². The van der Waals surface area contributed by atoms with Crippen molar-refractivity contribution in [3.63, 3.8) is 0 Å². The summed E-state index contributed by atoms with van der Waals surface area (Å²) in [7, 11) is 4.70. The molecular weight excluding hydrogens is 400 g/mol. The number of benzene rings is 1. The van der Waals surface area contributed by atoms with E-state index in [1.807, 2.05) is 24.0 Å². The van der Waals surface area contributed by atoms with Gasteiger partial charge in [0.15, 0.2) is 17.3 Å². The SMILES string of the molecule is COc1cc(CCC(=O)N2CCC(NC(=O)c3occc3C)CC2)cc(OC)c1OC. The predicted molar refractivity (Wildman–Crippen MR) is 115 cm³/mol. The largest absolute Gasteiger partial charge is 0.493 e. The van der Waals surface area contributed by atoms with Gasteiger partial charge in [0.1, 0.15) is 0 Å². The lowest BCUT2D eigenvalue weighted by Crippen LogP contribution is -2.46. The standard InChI is InChI=1S/C23H30N2O6/c1-15-9-12-31-21(15)23(27)24-17-7-10-25(11-8-17)20(26)6-5-16-13-18(28-2)22(30-4)19(14-16)29-3/h9,12-14,17H,5-8,10-11H2,1-4H3,(H,24,27). The predicted octanol–water partition coefficient (Wildman–Crippen LogP) is 2.97. The van der Waals surface area contributed by atoms with Crippen LogP contribution in [0.1, 0.15) is 40.9 Å². The highest BCUT2D eigenvalue weighted by molar-refractivity contribution is 5.93. The molecular formula is C23H30N2O6. The Kier molecular flexibility index (Phi) is 7.44. The van der Waals surface area contributed by atoms with Crippen LogP contribution in [0.4, 0.5) is 0 Å². The molecule has 1 fully saturated rings. The fourth-order valence-corrected chi connectivity index (χ4v) is 3.82. The number of amides is 2. The molecule has 2 amide bonds. The summed E-state index contributed by atoms with van der Waals surface area (Å²) in [5, 5.41) is 3.01. The summed E-state index contributed by atoms with van der Waals surface area (Å²) in [6.45, 7) is 3.08. The first-order valence-electron chi connectivity index (χ1n) is 10.4. The van der Waals surface area contributed by atoms with E-state index < -0.39 is 0 Å². The summed E-state index contributed by atoms with van der Waals surface area (Å²) in [5.41, 5.74) is 1.76. The lowest BCUT2D eigenvalue weighted by atomic mass is 10.0. The molecule has 3 rings (SSSR count). The zero-order valence-electron chi connectivity index (χ0n) is 18.5. The number of piperidine rings is 1. The molecule has 1 N–H and O–H groups in total. The van der Waals surface area contributed by atoms with Crippen molar-refractivity contribution in [2.75, 3.05) is 34.4 Å². The number of hydrogen-bond acceptors (Lipinski definition) is 6. The lowest BCUT2D eigenvalue weighted by Gasteiger charge is -2.32. The molecule has 0 saturated carbocycles. The molecule has 0 bridgehead atoms. The molecule has 2 aromatic rings. The van der Waals surface area contributed by atoms with E-state index in [2.05, 4.69) is 5.32 Å². The maximum atomic E-state index is 12.7. The van der Waals surface area contributed by atoms with E-state index in [9.17, 15) is 9.59 Å². The Labute approximate surface area is 182 Å². The minimum atomic E-state index is -0.199. The molecule has 1 aromatic carbocycles. The number of nitrogens with zero attached hydrogens (tertiary/aromatic N) is 1. The summed E-state index contributed by atoms with van der Waals surface area (Å²) in [6, 6.07) is 5.54. The Morgan fingerprint density at radius 3 is 2.26 bits per heavy atom. The van der Waals surface area contributed by atoms with Crippen LogP contribution >= 0.6 is 0 Å². The van der Waals surface area contributed by atoms with Crippen LogP contribution < -0.4 is 19.5 Å². The van der Waals surface area contributed by atoms with Crippen molar-refractivity contribution in [1.82, 2.24) is 10.2 Å². The molecule has 1 saturated heterocycles. The second-order valence-corrected chi connectivity index (χ2v) is 7.59. The van der Waals surface area contributed by atoms with Crippen LogP contribution in [0.25, 0.3) is 0 Å². The monoisotopic (exact) mass is 430 g/mol. The molecule has 0 unspecified atom stereocenters. The van der Waals surface area contributed by atoms with Gasteiger partial charge in [-0.2, -0.15) is 0 Å². The molecule has 1 aromatic heterocycles. The summed E-state index contributed by atoms with van der Waals surface area (Å²) < 4.78 is 21.3. The molecule has 0 aliphatic carbocycles. The minimum absolute atomic E-state index is 0.0381. The van der Waals surface area contributed by atoms with E-state index in [1.165, 1.54) is 6.26 Å². The zero-order valence-corrected chi connectivity index (χ0v) is 18.5. The van der Waals surface area contributed by atoms with Gasteiger partial charge in [-0.25, -0.2) is 0 Å². The van der Waals surface area contributed by atoms with E-state index in [1.54, 1.807) is 27.4 Å². The number of aryl methyl sites for hydroxylation is 2. The fraction of sp³-hybridized carbons (Fsp3) is 0.478. The first-order chi connectivity index (χ1) is 15.0. The number of hydrogen-bond donors (Lipinski definition) is 1. The molecule has 0 radical (unpaired) electrons. The average Bonchev–Trinajstić information content (AvgIpc) is 3.23. The van der Waals surface area contributed by atoms with Gasteiger partial charge in [0.2, 0.25) is 11.7 Å². The van der Waals surface area contributed by atoms with Gasteiger partial charge in [-0.05, 0) is 49.9 Å². The quantitative estimate of drug-likeness (QED) is 0.693. The van der Waals surface area contributed by atoms with Gasteiger partial charge in [0, 0.05) is 31.1 Å². The number of carbonyl (C=O) groups is 2. The third-order valence-corrected chi connectivity index (χ3v) is 5.60. The van der Waals surface area contributed by atoms with E-state index >= 15 is 0 Å². The van der Waals surface area contributed by atoms with Gasteiger partial charge < -0.3 is 28.8 Å². The molecule has 0 spiro atoms.